The molecule has 0 aliphatic heterocycles. The molecule has 0 bridgehead atoms. The van der Waals surface area contributed by atoms with Gasteiger partial charge in [0.15, 0.2) is 5.78 Å². The van der Waals surface area contributed by atoms with Gasteiger partial charge in [-0.3, -0.25) is 9.59 Å². The van der Waals surface area contributed by atoms with Gasteiger partial charge < -0.3 is 4.74 Å². The quantitative estimate of drug-likeness (QED) is 0.515. The van der Waals surface area contributed by atoms with Crippen molar-refractivity contribution in [3.8, 4) is 35.4 Å². The van der Waals surface area contributed by atoms with Crippen LogP contribution in [0.2, 0.25) is 0 Å². The van der Waals surface area contributed by atoms with Crippen LogP contribution in [-0.4, -0.2) is 30.7 Å². The smallest absolute Gasteiger partial charge is 0.309 e. The van der Waals surface area contributed by atoms with E-state index in [4.69, 9.17) is 11.2 Å². The molecule has 164 valence electrons. The number of esters is 1. The number of aromatic nitrogens is 1. The number of hydrogen-bond acceptors (Lipinski definition) is 5. The van der Waals surface area contributed by atoms with Crippen LogP contribution in [0.1, 0.15) is 73.5 Å². The standard InChI is InChI=1S/C25H23NO5S/c1-5-7-8-9-14-32(29,30)26-21-12-10-18(17(3)4)15-20(21)24-22(27)13-11-19(25(24)26)16-23(28)31-6-2/h1,10,12,15,17,19H,6,11,13,16H2,2-4H3. The van der Waals surface area contributed by atoms with Crippen molar-refractivity contribution in [1.82, 2.24) is 3.97 Å². The molecular weight excluding hydrogens is 426 g/mol. The zero-order valence-electron chi connectivity index (χ0n) is 18.2. The molecule has 0 N–H and O–H groups in total. The van der Waals surface area contributed by atoms with Crippen molar-refractivity contribution >= 4 is 32.7 Å². The molecule has 0 saturated carbocycles. The first-order valence-electron chi connectivity index (χ1n) is 10.3. The summed E-state index contributed by atoms with van der Waals surface area (Å²) in [6.45, 7) is 5.95. The third-order valence-corrected chi connectivity index (χ3v) is 6.61. The second-order valence-electron chi connectivity index (χ2n) is 7.75. The fourth-order valence-corrected chi connectivity index (χ4v) is 5.16. The average Bonchev–Trinajstić information content (AvgIpc) is 3.10. The summed E-state index contributed by atoms with van der Waals surface area (Å²) in [6.07, 6.45) is 5.60. The van der Waals surface area contributed by atoms with Gasteiger partial charge in [0.25, 0.3) is 0 Å². The molecule has 7 heteroatoms. The van der Waals surface area contributed by atoms with E-state index in [1.165, 1.54) is 0 Å². The summed E-state index contributed by atoms with van der Waals surface area (Å²) in [5.74, 6) is 7.98. The molecule has 0 fully saturated rings. The first kappa shape index (κ1) is 23.2. The summed E-state index contributed by atoms with van der Waals surface area (Å²) >= 11 is 0. The molecule has 6 nitrogen and oxygen atoms in total. The third kappa shape index (κ3) is 4.42. The molecule has 1 aliphatic rings. The highest BCUT2D eigenvalue weighted by molar-refractivity contribution is 7.94. The van der Waals surface area contributed by atoms with Crippen LogP contribution in [0, 0.1) is 35.4 Å². The molecule has 0 amide bonds. The Bertz CT molecular complexity index is 1360. The molecular formula is C25H23NO5S. The van der Waals surface area contributed by atoms with Crippen molar-refractivity contribution in [3.63, 3.8) is 0 Å². The SMILES string of the molecule is C#CC#CC#CS(=O)(=O)n1c2c(c3cc(C(C)C)ccc31)C(=O)CCC2CC(=O)OCC. The zero-order valence-corrected chi connectivity index (χ0v) is 19.0. The largest absolute Gasteiger partial charge is 0.466 e. The Kier molecular flexibility index (Phi) is 6.78. The molecule has 2 aromatic rings. The van der Waals surface area contributed by atoms with Crippen LogP contribution in [0.3, 0.4) is 0 Å². The van der Waals surface area contributed by atoms with Crippen LogP contribution in [0.5, 0.6) is 0 Å². The van der Waals surface area contributed by atoms with Gasteiger partial charge in [-0.1, -0.05) is 19.9 Å². The fourth-order valence-electron chi connectivity index (χ4n) is 3.97. The van der Waals surface area contributed by atoms with Gasteiger partial charge in [-0.15, -0.1) is 6.42 Å². The second kappa shape index (κ2) is 9.35. The molecule has 1 aromatic carbocycles. The van der Waals surface area contributed by atoms with Gasteiger partial charge in [0.2, 0.25) is 0 Å². The predicted molar refractivity (Wildman–Crippen MR) is 122 cm³/mol. The molecule has 1 aromatic heterocycles. The molecule has 1 heterocycles. The van der Waals surface area contributed by atoms with Gasteiger partial charge in [0.1, 0.15) is 0 Å². The lowest BCUT2D eigenvalue weighted by Crippen LogP contribution is -2.24. The highest BCUT2D eigenvalue weighted by Gasteiger charge is 2.37. The van der Waals surface area contributed by atoms with E-state index in [0.29, 0.717) is 22.9 Å². The maximum Gasteiger partial charge on any atom is 0.309 e. The summed E-state index contributed by atoms with van der Waals surface area (Å²) in [5.41, 5.74) is 1.94. The van der Waals surface area contributed by atoms with Crippen molar-refractivity contribution in [1.29, 1.82) is 0 Å². The normalized spacial score (nSPS) is 15.2. The van der Waals surface area contributed by atoms with Crippen LogP contribution in [0.15, 0.2) is 18.2 Å². The number of benzene rings is 1. The van der Waals surface area contributed by atoms with Crippen LogP contribution >= 0.6 is 0 Å². The van der Waals surface area contributed by atoms with Gasteiger partial charge >= 0.3 is 16.0 Å². The first-order chi connectivity index (χ1) is 15.2. The van der Waals surface area contributed by atoms with E-state index >= 15 is 0 Å². The van der Waals surface area contributed by atoms with E-state index in [1.807, 2.05) is 26.0 Å². The summed E-state index contributed by atoms with van der Waals surface area (Å²) in [6, 6.07) is 5.37. The summed E-state index contributed by atoms with van der Waals surface area (Å²) in [4.78, 5) is 25.2. The number of fused-ring (bicyclic) bond motifs is 3. The molecule has 0 spiro atoms. The van der Waals surface area contributed by atoms with E-state index < -0.39 is 21.9 Å². The van der Waals surface area contributed by atoms with E-state index in [2.05, 4.69) is 28.9 Å². The van der Waals surface area contributed by atoms with Gasteiger partial charge in [-0.2, -0.15) is 8.42 Å². The van der Waals surface area contributed by atoms with Gasteiger partial charge in [0, 0.05) is 35.1 Å². The van der Waals surface area contributed by atoms with Gasteiger partial charge in [-0.05, 0) is 48.8 Å². The highest BCUT2D eigenvalue weighted by atomic mass is 32.2. The second-order valence-corrected chi connectivity index (χ2v) is 9.27. The van der Waals surface area contributed by atoms with Crippen molar-refractivity contribution in [3.05, 3.63) is 35.0 Å². The van der Waals surface area contributed by atoms with Crippen molar-refractivity contribution in [2.45, 2.75) is 51.9 Å². The topological polar surface area (TPSA) is 82.4 Å². The number of carbonyl (C=O) groups is 2. The minimum absolute atomic E-state index is 0.0265. The Balaban J connectivity index is 2.34. The van der Waals surface area contributed by atoms with Crippen molar-refractivity contribution in [2.75, 3.05) is 6.61 Å². The van der Waals surface area contributed by atoms with Crippen LogP contribution in [-0.2, 0) is 19.6 Å². The number of hydrogen-bond donors (Lipinski definition) is 0. The highest BCUT2D eigenvalue weighted by Crippen LogP contribution is 2.42. The lowest BCUT2D eigenvalue weighted by Gasteiger charge is -2.23. The molecule has 1 unspecified atom stereocenters. The monoisotopic (exact) mass is 449 g/mol. The van der Waals surface area contributed by atoms with E-state index in [0.717, 1.165) is 9.54 Å². The van der Waals surface area contributed by atoms with Crippen molar-refractivity contribution < 1.29 is 22.7 Å². The molecule has 32 heavy (non-hydrogen) atoms. The fraction of sp³-hybridized carbons (Fsp3) is 0.360. The molecule has 0 radical (unpaired) electrons. The van der Waals surface area contributed by atoms with Gasteiger partial charge in [0.05, 0.1) is 29.5 Å². The van der Waals surface area contributed by atoms with E-state index in [9.17, 15) is 18.0 Å². The maximum atomic E-state index is 13.3. The number of terminal acetylenes is 1. The van der Waals surface area contributed by atoms with Crippen molar-refractivity contribution in [2.24, 2.45) is 0 Å². The van der Waals surface area contributed by atoms with E-state index in [-0.39, 0.29) is 36.8 Å². The number of ether oxygens (including phenoxy) is 1. The van der Waals surface area contributed by atoms with Crippen LogP contribution in [0.4, 0.5) is 0 Å². The Morgan fingerprint density at radius 2 is 2.03 bits per heavy atom. The number of ketones is 1. The van der Waals surface area contributed by atoms with Crippen LogP contribution < -0.4 is 0 Å². The lowest BCUT2D eigenvalue weighted by molar-refractivity contribution is -0.143. The Hall–Kier alpha value is -3.47. The molecule has 1 atom stereocenters. The lowest BCUT2D eigenvalue weighted by atomic mass is 9.83. The minimum atomic E-state index is -4.22. The maximum absolute atomic E-state index is 13.3. The molecule has 1 aliphatic carbocycles. The number of carbonyl (C=O) groups excluding carboxylic acids is 2. The average molecular weight is 450 g/mol. The van der Waals surface area contributed by atoms with Crippen LogP contribution in [0.25, 0.3) is 10.9 Å². The zero-order chi connectivity index (χ0) is 23.5. The number of Topliss-reactive ketones (excluding diaryl/α,β-unsaturated/α-hetero) is 1. The first-order valence-corrected chi connectivity index (χ1v) is 11.7. The third-order valence-electron chi connectivity index (χ3n) is 5.37. The summed E-state index contributed by atoms with van der Waals surface area (Å²) < 4.78 is 32.7. The summed E-state index contributed by atoms with van der Waals surface area (Å²) in [7, 11) is -4.22. The van der Waals surface area contributed by atoms with Gasteiger partial charge in [-0.25, -0.2) is 3.97 Å². The Morgan fingerprint density at radius 1 is 1.28 bits per heavy atom. The molecule has 3 rings (SSSR count). The number of nitrogens with zero attached hydrogens (tertiary/aromatic N) is 1. The number of rotatable bonds is 5. The minimum Gasteiger partial charge on any atom is -0.466 e. The van der Waals surface area contributed by atoms with E-state index in [1.54, 1.807) is 13.0 Å². The molecule has 0 saturated heterocycles. The Labute approximate surface area is 188 Å². The predicted octanol–water partition coefficient (Wildman–Crippen LogP) is 3.55. The summed E-state index contributed by atoms with van der Waals surface area (Å²) in [5, 5.41) is 2.72. The Morgan fingerprint density at radius 3 is 2.69 bits per heavy atom.